The van der Waals surface area contributed by atoms with Crippen LogP contribution in [0.3, 0.4) is 0 Å². The van der Waals surface area contributed by atoms with Gasteiger partial charge in [0.25, 0.3) is 0 Å². The van der Waals surface area contributed by atoms with E-state index < -0.39 is 0 Å². The van der Waals surface area contributed by atoms with Crippen molar-refractivity contribution in [2.45, 2.75) is 50.9 Å². The molecule has 14 heavy (non-hydrogen) atoms. The lowest BCUT2D eigenvalue weighted by Gasteiger charge is -2.41. The van der Waals surface area contributed by atoms with Crippen LogP contribution in [0, 0.1) is 0 Å². The number of nitrogens with zero attached hydrogens (tertiary/aromatic N) is 1. The molecule has 2 saturated heterocycles. The van der Waals surface area contributed by atoms with E-state index >= 15 is 0 Å². The van der Waals surface area contributed by atoms with E-state index in [0.717, 1.165) is 19.5 Å². The average Bonchev–Trinajstić information content (AvgIpc) is 2.19. The van der Waals surface area contributed by atoms with Crippen LogP contribution in [0.15, 0.2) is 0 Å². The van der Waals surface area contributed by atoms with Crippen molar-refractivity contribution in [2.75, 3.05) is 19.7 Å². The lowest BCUT2D eigenvalue weighted by molar-refractivity contribution is -0.0969. The van der Waals surface area contributed by atoms with E-state index in [0.29, 0.717) is 6.61 Å². The molecule has 2 fully saturated rings. The van der Waals surface area contributed by atoms with Gasteiger partial charge in [-0.1, -0.05) is 6.42 Å². The minimum Gasteiger partial charge on any atom is -0.391 e. The summed E-state index contributed by atoms with van der Waals surface area (Å²) in [6.45, 7) is 5.02. The second-order valence-corrected chi connectivity index (χ2v) is 4.61. The molecule has 0 aromatic heterocycles. The Kier molecular flexibility index (Phi) is 3.42. The number of aliphatic hydroxyl groups excluding tert-OH is 1. The Hall–Kier alpha value is -0.120. The van der Waals surface area contributed by atoms with E-state index in [2.05, 4.69) is 4.90 Å². The van der Waals surface area contributed by atoms with Gasteiger partial charge < -0.3 is 9.84 Å². The van der Waals surface area contributed by atoms with Gasteiger partial charge in [-0.25, -0.2) is 0 Å². The van der Waals surface area contributed by atoms with Gasteiger partial charge in [0.1, 0.15) is 0 Å². The van der Waals surface area contributed by atoms with Gasteiger partial charge in [-0.15, -0.1) is 0 Å². The topological polar surface area (TPSA) is 32.7 Å². The molecule has 1 N–H and O–H groups in total. The van der Waals surface area contributed by atoms with Gasteiger partial charge in [-0.05, 0) is 32.9 Å². The first-order chi connectivity index (χ1) is 6.77. The van der Waals surface area contributed by atoms with Crippen LogP contribution in [0.25, 0.3) is 0 Å². The summed E-state index contributed by atoms with van der Waals surface area (Å²) in [5.74, 6) is 0. The Labute approximate surface area is 86.0 Å². The van der Waals surface area contributed by atoms with Crippen LogP contribution >= 0.6 is 0 Å². The Bertz CT molecular complexity index is 180. The normalized spacial score (nSPS) is 41.1. The number of aliphatic hydroxyl groups is 1. The van der Waals surface area contributed by atoms with Gasteiger partial charge in [0.2, 0.25) is 0 Å². The van der Waals surface area contributed by atoms with Crippen molar-refractivity contribution in [1.82, 2.24) is 4.90 Å². The highest BCUT2D eigenvalue weighted by Crippen LogP contribution is 2.21. The van der Waals surface area contributed by atoms with Gasteiger partial charge >= 0.3 is 0 Å². The third kappa shape index (κ3) is 2.27. The average molecular weight is 199 g/mol. The molecule has 0 spiro atoms. The summed E-state index contributed by atoms with van der Waals surface area (Å²) in [6, 6.07) is 0.256. The summed E-state index contributed by atoms with van der Waals surface area (Å²) in [6.07, 6.45) is 4.73. The summed E-state index contributed by atoms with van der Waals surface area (Å²) < 4.78 is 5.61. The molecule has 3 unspecified atom stereocenters. The van der Waals surface area contributed by atoms with Crippen molar-refractivity contribution in [3.8, 4) is 0 Å². The number of rotatable bonds is 1. The van der Waals surface area contributed by atoms with Gasteiger partial charge in [-0.3, -0.25) is 4.90 Å². The maximum absolute atomic E-state index is 9.97. The number of hydrogen-bond donors (Lipinski definition) is 1. The van der Waals surface area contributed by atoms with Gasteiger partial charge in [0.05, 0.1) is 24.9 Å². The quantitative estimate of drug-likeness (QED) is 0.684. The molecule has 3 atom stereocenters. The number of ether oxygens (including phenoxy) is 1. The molecule has 3 nitrogen and oxygen atoms in total. The zero-order valence-electron chi connectivity index (χ0n) is 8.98. The smallest absolute Gasteiger partial charge is 0.0742 e. The minimum absolute atomic E-state index is 0.183. The molecular formula is C11H21NO2. The lowest BCUT2D eigenvalue weighted by atomic mass is 9.98. The number of hydrogen-bond acceptors (Lipinski definition) is 3. The Morgan fingerprint density at radius 1 is 1.21 bits per heavy atom. The zero-order valence-corrected chi connectivity index (χ0v) is 8.98. The molecule has 0 amide bonds. The van der Waals surface area contributed by atoms with E-state index in [9.17, 15) is 5.11 Å². The highest BCUT2D eigenvalue weighted by molar-refractivity contribution is 4.85. The lowest BCUT2D eigenvalue weighted by Crippen LogP contribution is -2.52. The van der Waals surface area contributed by atoms with Crippen LogP contribution in [0.1, 0.15) is 32.6 Å². The third-order valence-corrected chi connectivity index (χ3v) is 3.43. The van der Waals surface area contributed by atoms with Crippen LogP contribution in [0.5, 0.6) is 0 Å². The summed E-state index contributed by atoms with van der Waals surface area (Å²) >= 11 is 0. The molecule has 0 aromatic rings. The third-order valence-electron chi connectivity index (χ3n) is 3.43. The molecule has 2 aliphatic rings. The van der Waals surface area contributed by atoms with Crippen molar-refractivity contribution < 1.29 is 9.84 Å². The predicted octanol–water partition coefficient (Wildman–Crippen LogP) is 1.01. The summed E-state index contributed by atoms with van der Waals surface area (Å²) in [5.41, 5.74) is 0. The maximum Gasteiger partial charge on any atom is 0.0742 e. The van der Waals surface area contributed by atoms with E-state index in [1.165, 1.54) is 19.3 Å². The van der Waals surface area contributed by atoms with Crippen molar-refractivity contribution in [3.63, 3.8) is 0 Å². The highest BCUT2D eigenvalue weighted by Gasteiger charge is 2.32. The van der Waals surface area contributed by atoms with Crippen molar-refractivity contribution >= 4 is 0 Å². The molecule has 0 aromatic carbocycles. The number of likely N-dealkylation sites (tertiary alicyclic amines) is 1. The first kappa shape index (κ1) is 10.4. The SMILES string of the molecule is CC1CC(O)C(N2CCCCC2)CO1. The highest BCUT2D eigenvalue weighted by atomic mass is 16.5. The zero-order chi connectivity index (χ0) is 9.97. The van der Waals surface area contributed by atoms with Crippen molar-refractivity contribution in [1.29, 1.82) is 0 Å². The van der Waals surface area contributed by atoms with Crippen LogP contribution < -0.4 is 0 Å². The molecule has 2 rings (SSSR count). The molecule has 82 valence electrons. The molecule has 0 bridgehead atoms. The Morgan fingerprint density at radius 2 is 1.93 bits per heavy atom. The maximum atomic E-state index is 9.97. The van der Waals surface area contributed by atoms with E-state index in [1.54, 1.807) is 0 Å². The van der Waals surface area contributed by atoms with Crippen LogP contribution in [0.2, 0.25) is 0 Å². The minimum atomic E-state index is -0.183. The summed E-state index contributed by atoms with van der Waals surface area (Å²) in [7, 11) is 0. The molecule has 0 radical (unpaired) electrons. The van der Waals surface area contributed by atoms with Gasteiger partial charge in [-0.2, -0.15) is 0 Å². The van der Waals surface area contributed by atoms with E-state index in [-0.39, 0.29) is 18.2 Å². The van der Waals surface area contributed by atoms with Crippen molar-refractivity contribution in [2.24, 2.45) is 0 Å². The van der Waals surface area contributed by atoms with Crippen LogP contribution in [0.4, 0.5) is 0 Å². The Balaban J connectivity index is 1.89. The first-order valence-electron chi connectivity index (χ1n) is 5.81. The monoisotopic (exact) mass is 199 g/mol. The fraction of sp³-hybridized carbons (Fsp3) is 1.00. The molecular weight excluding hydrogens is 178 g/mol. The predicted molar refractivity (Wildman–Crippen MR) is 55.2 cm³/mol. The fourth-order valence-corrected chi connectivity index (χ4v) is 2.54. The largest absolute Gasteiger partial charge is 0.391 e. The van der Waals surface area contributed by atoms with Crippen molar-refractivity contribution in [3.05, 3.63) is 0 Å². The van der Waals surface area contributed by atoms with Gasteiger partial charge in [0.15, 0.2) is 0 Å². The summed E-state index contributed by atoms with van der Waals surface area (Å²) in [4.78, 5) is 2.40. The second-order valence-electron chi connectivity index (χ2n) is 4.61. The van der Waals surface area contributed by atoms with E-state index in [4.69, 9.17) is 4.74 Å². The van der Waals surface area contributed by atoms with Crippen LogP contribution in [-0.4, -0.2) is 48.0 Å². The van der Waals surface area contributed by atoms with Crippen LogP contribution in [-0.2, 0) is 4.74 Å². The molecule has 0 saturated carbocycles. The fourth-order valence-electron chi connectivity index (χ4n) is 2.54. The molecule has 2 aliphatic heterocycles. The molecule has 2 heterocycles. The second kappa shape index (κ2) is 4.60. The first-order valence-corrected chi connectivity index (χ1v) is 5.81. The standard InChI is InChI=1S/C11H21NO2/c1-9-7-11(13)10(8-14-9)12-5-3-2-4-6-12/h9-11,13H,2-8H2,1H3. The summed E-state index contributed by atoms with van der Waals surface area (Å²) in [5, 5.41) is 9.97. The van der Waals surface area contributed by atoms with Gasteiger partial charge in [0, 0.05) is 6.42 Å². The number of piperidine rings is 1. The Morgan fingerprint density at radius 3 is 2.57 bits per heavy atom. The van der Waals surface area contributed by atoms with E-state index in [1.807, 2.05) is 6.92 Å². The molecule has 3 heteroatoms. The molecule has 0 aliphatic carbocycles.